The minimum atomic E-state index is 0. The maximum atomic E-state index is 6.20. The summed E-state index contributed by atoms with van der Waals surface area (Å²) in [4.78, 5) is 0. The van der Waals surface area contributed by atoms with Crippen LogP contribution in [0.25, 0.3) is 0 Å². The van der Waals surface area contributed by atoms with E-state index in [-0.39, 0.29) is 12.4 Å². The van der Waals surface area contributed by atoms with Crippen molar-refractivity contribution in [1.82, 2.24) is 5.32 Å². The molecule has 0 amide bonds. The van der Waals surface area contributed by atoms with Crippen LogP contribution in [-0.2, 0) is 19.6 Å². The first-order valence-corrected chi connectivity index (χ1v) is 10.4. The van der Waals surface area contributed by atoms with Gasteiger partial charge in [0.05, 0.1) is 14.2 Å². The van der Waals surface area contributed by atoms with Crippen molar-refractivity contribution in [2.45, 2.75) is 19.6 Å². The molecule has 0 radical (unpaired) electrons. The monoisotopic (exact) mass is 480 g/mol. The molecule has 0 fully saturated rings. The predicted octanol–water partition coefficient (Wildman–Crippen LogP) is 2.93. The number of ether oxygens (including phenoxy) is 3. The third-order valence-electron chi connectivity index (χ3n) is 4.68. The van der Waals surface area contributed by atoms with Crippen molar-refractivity contribution >= 4 is 23.2 Å². The normalized spacial score (nSPS) is 10.3. The van der Waals surface area contributed by atoms with Crippen LogP contribution in [0.2, 0.25) is 10.0 Å². The Morgan fingerprint density at radius 2 is 1.39 bits per heavy atom. The molecule has 0 saturated carbocycles. The summed E-state index contributed by atoms with van der Waals surface area (Å²) in [7, 11) is 3.28. The van der Waals surface area contributed by atoms with Gasteiger partial charge in [0.1, 0.15) is 12.4 Å². The predicted molar refractivity (Wildman–Crippen MR) is 122 cm³/mol. The zero-order valence-corrected chi connectivity index (χ0v) is 19.7. The number of halogens is 3. The molecule has 0 saturated heterocycles. The highest BCUT2D eigenvalue weighted by Gasteiger charge is 2.07. The van der Waals surface area contributed by atoms with Gasteiger partial charge >= 0.3 is 0 Å². The first-order chi connectivity index (χ1) is 14.6. The molecule has 0 bridgehead atoms. The van der Waals surface area contributed by atoms with Gasteiger partial charge in [-0.2, -0.15) is 0 Å². The average molecular weight is 482 g/mol. The van der Waals surface area contributed by atoms with Crippen molar-refractivity contribution in [3.63, 3.8) is 0 Å². The Morgan fingerprint density at radius 3 is 2.10 bits per heavy atom. The lowest BCUT2D eigenvalue weighted by Crippen LogP contribution is -3.00. The molecule has 166 valence electrons. The van der Waals surface area contributed by atoms with Crippen LogP contribution in [0.3, 0.4) is 0 Å². The van der Waals surface area contributed by atoms with Gasteiger partial charge in [-0.05, 0) is 66.6 Å². The third-order valence-corrected chi connectivity index (χ3v) is 5.17. The highest BCUT2D eigenvalue weighted by atomic mass is 35.5. The molecule has 3 rings (SSSR count). The van der Waals surface area contributed by atoms with E-state index in [1.54, 1.807) is 14.2 Å². The van der Waals surface area contributed by atoms with E-state index >= 15 is 0 Å². The van der Waals surface area contributed by atoms with Gasteiger partial charge in [0, 0.05) is 22.2 Å². The van der Waals surface area contributed by atoms with E-state index in [2.05, 4.69) is 5.32 Å². The molecular formula is C24H25Cl3NO3-. The number of nitrogens with one attached hydrogen (secondary N) is 1. The Balaban J connectivity index is 0.00000341. The summed E-state index contributed by atoms with van der Waals surface area (Å²) < 4.78 is 16.7. The standard InChI is InChI=1S/C24H25Cl2NO3.ClH/c1-28-23-9-5-17(13-24(23)29-2)11-12-27-15-19-14-21(26)8-10-22(19)30-16-18-3-6-20(25)7-4-18;/h3-10,13-14,27H,11-12,15-16H2,1-2H3;1H/p-1. The molecular weight excluding hydrogens is 457 g/mol. The number of rotatable bonds is 10. The molecule has 3 aromatic carbocycles. The molecule has 4 nitrogen and oxygen atoms in total. The van der Waals surface area contributed by atoms with Crippen LogP contribution in [0.1, 0.15) is 16.7 Å². The fourth-order valence-electron chi connectivity index (χ4n) is 3.06. The highest BCUT2D eigenvalue weighted by molar-refractivity contribution is 6.30. The second kappa shape index (κ2) is 12.7. The van der Waals surface area contributed by atoms with Gasteiger partial charge < -0.3 is 31.9 Å². The zero-order chi connectivity index (χ0) is 21.3. The van der Waals surface area contributed by atoms with Gasteiger partial charge in [-0.1, -0.05) is 41.4 Å². The smallest absolute Gasteiger partial charge is 0.160 e. The summed E-state index contributed by atoms with van der Waals surface area (Å²) >= 11 is 12.1. The molecule has 0 aliphatic carbocycles. The molecule has 0 spiro atoms. The van der Waals surface area contributed by atoms with Crippen molar-refractivity contribution in [2.24, 2.45) is 0 Å². The van der Waals surface area contributed by atoms with Crippen LogP contribution in [0.4, 0.5) is 0 Å². The van der Waals surface area contributed by atoms with Gasteiger partial charge in [0.25, 0.3) is 0 Å². The van der Waals surface area contributed by atoms with E-state index in [1.165, 1.54) is 5.56 Å². The van der Waals surface area contributed by atoms with Crippen molar-refractivity contribution in [3.05, 3.63) is 87.4 Å². The van der Waals surface area contributed by atoms with Crippen molar-refractivity contribution in [1.29, 1.82) is 0 Å². The average Bonchev–Trinajstić information content (AvgIpc) is 2.77. The molecule has 7 heteroatoms. The Morgan fingerprint density at radius 1 is 0.742 bits per heavy atom. The summed E-state index contributed by atoms with van der Waals surface area (Å²) in [5.41, 5.74) is 3.25. The van der Waals surface area contributed by atoms with Crippen molar-refractivity contribution in [2.75, 3.05) is 20.8 Å². The molecule has 0 unspecified atom stereocenters. The first kappa shape index (κ1) is 25.2. The zero-order valence-electron chi connectivity index (χ0n) is 17.5. The van der Waals surface area contributed by atoms with Crippen LogP contribution in [0.15, 0.2) is 60.7 Å². The molecule has 0 heterocycles. The summed E-state index contributed by atoms with van der Waals surface area (Å²) in [6.45, 7) is 1.93. The molecule has 1 N–H and O–H groups in total. The number of methoxy groups -OCH3 is 2. The number of benzene rings is 3. The quantitative estimate of drug-likeness (QED) is 0.452. The number of hydrogen-bond donors (Lipinski definition) is 1. The highest BCUT2D eigenvalue weighted by Crippen LogP contribution is 2.28. The van der Waals surface area contributed by atoms with Crippen LogP contribution < -0.4 is 31.9 Å². The molecule has 3 aromatic rings. The Bertz CT molecular complexity index is 965. The summed E-state index contributed by atoms with van der Waals surface area (Å²) in [5, 5.41) is 4.86. The maximum absolute atomic E-state index is 6.20. The minimum absolute atomic E-state index is 0. The maximum Gasteiger partial charge on any atom is 0.160 e. The van der Waals surface area contributed by atoms with E-state index in [4.69, 9.17) is 37.4 Å². The van der Waals surface area contributed by atoms with Crippen molar-refractivity contribution in [3.8, 4) is 17.2 Å². The Kier molecular flexibility index (Phi) is 10.3. The fraction of sp³-hybridized carbons (Fsp3) is 0.250. The van der Waals surface area contributed by atoms with E-state index in [0.29, 0.717) is 23.2 Å². The van der Waals surface area contributed by atoms with E-state index in [1.807, 2.05) is 60.7 Å². The van der Waals surface area contributed by atoms with Crippen LogP contribution >= 0.6 is 23.2 Å². The summed E-state index contributed by atoms with van der Waals surface area (Å²) in [6.07, 6.45) is 0.863. The molecule has 31 heavy (non-hydrogen) atoms. The van der Waals surface area contributed by atoms with Gasteiger partial charge in [-0.15, -0.1) is 0 Å². The lowest BCUT2D eigenvalue weighted by molar-refractivity contribution is -0.00000678. The van der Waals surface area contributed by atoms with Gasteiger partial charge in [-0.3, -0.25) is 0 Å². The topological polar surface area (TPSA) is 39.7 Å². The molecule has 0 aliphatic heterocycles. The number of hydrogen-bond acceptors (Lipinski definition) is 4. The molecule has 0 atom stereocenters. The lowest BCUT2D eigenvalue weighted by Gasteiger charge is -2.13. The first-order valence-electron chi connectivity index (χ1n) is 9.66. The SMILES string of the molecule is COc1ccc(CCNCc2cc(Cl)ccc2OCc2ccc(Cl)cc2)cc1OC.[Cl-]. The summed E-state index contributed by atoms with van der Waals surface area (Å²) in [5.74, 6) is 2.28. The van der Waals surface area contributed by atoms with Crippen LogP contribution in [0, 0.1) is 0 Å². The van der Waals surface area contributed by atoms with Gasteiger partial charge in [0.2, 0.25) is 0 Å². The largest absolute Gasteiger partial charge is 1.00 e. The van der Waals surface area contributed by atoms with E-state index < -0.39 is 0 Å². The summed E-state index contributed by atoms with van der Waals surface area (Å²) in [6, 6.07) is 19.3. The minimum Gasteiger partial charge on any atom is -1.00 e. The van der Waals surface area contributed by atoms with Crippen molar-refractivity contribution < 1.29 is 26.6 Å². The molecule has 0 aromatic heterocycles. The van der Waals surface area contributed by atoms with Crippen LogP contribution in [-0.4, -0.2) is 20.8 Å². The van der Waals surface area contributed by atoms with Crippen LogP contribution in [0.5, 0.6) is 17.2 Å². The van der Waals surface area contributed by atoms with Gasteiger partial charge in [0.15, 0.2) is 11.5 Å². The second-order valence-corrected chi connectivity index (χ2v) is 7.66. The van der Waals surface area contributed by atoms with E-state index in [0.717, 1.165) is 41.3 Å². The van der Waals surface area contributed by atoms with Gasteiger partial charge in [-0.25, -0.2) is 0 Å². The van der Waals surface area contributed by atoms with E-state index in [9.17, 15) is 0 Å². The fourth-order valence-corrected chi connectivity index (χ4v) is 3.38. The Labute approximate surface area is 199 Å². The molecule has 0 aliphatic rings. The Hall–Kier alpha value is -2.11. The lowest BCUT2D eigenvalue weighted by atomic mass is 10.1. The second-order valence-electron chi connectivity index (χ2n) is 6.78. The third kappa shape index (κ3) is 7.51.